The van der Waals surface area contributed by atoms with Gasteiger partial charge in [0.1, 0.15) is 0 Å². The Morgan fingerprint density at radius 2 is 0.875 bits per heavy atom. The van der Waals surface area contributed by atoms with Gasteiger partial charge in [0.15, 0.2) is 0 Å². The second-order valence-electron chi connectivity index (χ2n) is 4.83. The largest absolute Gasteiger partial charge is 0.364 e. The summed E-state index contributed by atoms with van der Waals surface area (Å²) in [4.78, 5) is 0. The molecule has 0 saturated heterocycles. The first-order valence-electron chi connectivity index (χ1n) is 7.83. The highest BCUT2D eigenvalue weighted by atomic mass is 24.5. The lowest BCUT2D eigenvalue weighted by Gasteiger charge is -1.93. The Balaban J connectivity index is 0. The van der Waals surface area contributed by atoms with Gasteiger partial charge in [0.05, 0.1) is 0 Å². The Hall–Kier alpha value is 0.766. The maximum absolute atomic E-state index is 2.29. The van der Waals surface area contributed by atoms with Crippen molar-refractivity contribution in [1.29, 1.82) is 0 Å². The summed E-state index contributed by atoms with van der Waals surface area (Å²) in [6.45, 7) is 9.06. The van der Waals surface area contributed by atoms with E-state index in [0.29, 0.717) is 20.4 Å². The van der Waals surface area contributed by atoms with Crippen LogP contribution in [0.1, 0.15) is 85.5 Å². The summed E-state index contributed by atoms with van der Waals surface area (Å²) in [6, 6.07) is 0. The molecule has 0 nitrogen and oxygen atoms in total. The van der Waals surface area contributed by atoms with Gasteiger partial charge in [-0.2, -0.15) is 0 Å². The molecule has 0 aliphatic heterocycles. The van der Waals surface area contributed by atoms with E-state index in [0.717, 1.165) is 0 Å². The van der Waals surface area contributed by atoms with Gasteiger partial charge >= 0.3 is 20.4 Å². The smallest absolute Gasteiger partial charge is 0.146 e. The van der Waals surface area contributed by atoms with Gasteiger partial charge in [-0.3, -0.25) is 0 Å². The van der Waals surface area contributed by atoms with Crippen LogP contribution in [0.4, 0.5) is 0 Å². The predicted molar refractivity (Wildman–Crippen MR) is 79.6 cm³/mol. The van der Waals surface area contributed by atoms with E-state index in [1.165, 1.54) is 57.8 Å². The van der Waals surface area contributed by atoms with Crippen LogP contribution in [0.15, 0.2) is 0 Å². The fourth-order valence-corrected chi connectivity index (χ4v) is 3.77. The second kappa shape index (κ2) is 21.1. The third-order valence-electron chi connectivity index (χ3n) is 2.91. The van der Waals surface area contributed by atoms with Crippen LogP contribution in [0.25, 0.3) is 0 Å². The molecule has 0 N–H and O–H groups in total. The molecule has 16 heavy (non-hydrogen) atoms. The van der Waals surface area contributed by atoms with E-state index in [4.69, 9.17) is 0 Å². The van der Waals surface area contributed by atoms with Crippen LogP contribution in [0.3, 0.4) is 0 Å². The maximum Gasteiger partial charge on any atom is 0.364 e. The highest BCUT2D eigenvalue weighted by molar-refractivity contribution is 6.35. The molecule has 0 radical (unpaired) electrons. The third-order valence-corrected chi connectivity index (χ3v) is 4.91. The van der Waals surface area contributed by atoms with Crippen molar-refractivity contribution in [3.63, 3.8) is 0 Å². The summed E-state index contributed by atoms with van der Waals surface area (Å²) in [5, 5.41) is 0. The minimum atomic E-state index is 0.389. The average molecular weight is 239 g/mol. The Bertz CT molecular complexity index is 81.4. The first-order chi connectivity index (χ1) is 7.83. The van der Waals surface area contributed by atoms with E-state index < -0.39 is 0 Å². The molecule has 96 valence electrons. The quantitative estimate of drug-likeness (QED) is 0.318. The fourth-order valence-electron chi connectivity index (χ4n) is 1.71. The molecule has 0 aromatic rings. The lowest BCUT2D eigenvalue weighted by atomic mass is 10.2. The summed E-state index contributed by atoms with van der Waals surface area (Å²) in [7, 11) is 0. The van der Waals surface area contributed by atoms with Crippen molar-refractivity contribution >= 4 is 20.4 Å². The van der Waals surface area contributed by atoms with Crippen molar-refractivity contribution in [2.45, 2.75) is 94.6 Å². The summed E-state index contributed by atoms with van der Waals surface area (Å²) in [6.07, 6.45) is 12.8. The molecule has 0 saturated carbocycles. The molecule has 0 spiro atoms. The van der Waals surface area contributed by atoms with Crippen molar-refractivity contribution in [3.05, 3.63) is 0 Å². The van der Waals surface area contributed by atoms with Gasteiger partial charge in [0.25, 0.3) is 0 Å². The summed E-state index contributed by atoms with van der Waals surface area (Å²) < 4.78 is 3.19. The SMILES string of the molecule is CCCCCCC.CCC[CH2][Mg][CH2]CCC. The van der Waals surface area contributed by atoms with Crippen molar-refractivity contribution in [2.24, 2.45) is 0 Å². The highest BCUT2D eigenvalue weighted by Gasteiger charge is 1.92. The Morgan fingerprint density at radius 3 is 1.19 bits per heavy atom. The molecule has 0 aliphatic carbocycles. The van der Waals surface area contributed by atoms with Crippen molar-refractivity contribution < 1.29 is 0 Å². The zero-order valence-corrected chi connectivity index (χ0v) is 13.9. The van der Waals surface area contributed by atoms with Gasteiger partial charge in [0.2, 0.25) is 0 Å². The van der Waals surface area contributed by atoms with Crippen LogP contribution >= 0.6 is 0 Å². The first-order valence-corrected chi connectivity index (χ1v) is 9.83. The van der Waals surface area contributed by atoms with Gasteiger partial charge in [-0.05, 0) is 0 Å². The normalized spacial score (nSPS) is 9.25. The molecule has 0 atom stereocenters. The molecule has 0 heterocycles. The molecule has 0 rings (SSSR count). The van der Waals surface area contributed by atoms with E-state index in [1.807, 2.05) is 0 Å². The minimum absolute atomic E-state index is 0.389. The molecular formula is C15H34Mg. The third kappa shape index (κ3) is 24.1. The van der Waals surface area contributed by atoms with Crippen LogP contribution in [0.2, 0.25) is 9.10 Å². The van der Waals surface area contributed by atoms with Gasteiger partial charge < -0.3 is 0 Å². The zero-order chi connectivity index (χ0) is 12.5. The number of hydrogen-bond acceptors (Lipinski definition) is 0. The Morgan fingerprint density at radius 1 is 0.500 bits per heavy atom. The molecule has 0 aromatic carbocycles. The Labute approximate surface area is 115 Å². The lowest BCUT2D eigenvalue weighted by molar-refractivity contribution is 0.656. The standard InChI is InChI=1S/C7H16.2C4H9.Mg/c1-3-5-7-6-4-2;2*1-3-4-2;/h3-7H2,1-2H3;2*1,3-4H2,2H3;. The van der Waals surface area contributed by atoms with E-state index in [2.05, 4.69) is 27.7 Å². The van der Waals surface area contributed by atoms with Crippen LogP contribution in [-0.4, -0.2) is 20.4 Å². The van der Waals surface area contributed by atoms with E-state index in [-0.39, 0.29) is 0 Å². The number of unbranched alkanes of at least 4 members (excludes halogenated alkanes) is 6. The van der Waals surface area contributed by atoms with E-state index >= 15 is 0 Å². The second-order valence-corrected chi connectivity index (χ2v) is 6.95. The van der Waals surface area contributed by atoms with Crippen LogP contribution < -0.4 is 0 Å². The van der Waals surface area contributed by atoms with Gasteiger partial charge in [-0.15, -0.1) is 9.10 Å². The maximum atomic E-state index is 2.29. The van der Waals surface area contributed by atoms with Crippen molar-refractivity contribution in [2.75, 3.05) is 0 Å². The molecular weight excluding hydrogens is 204 g/mol. The van der Waals surface area contributed by atoms with E-state index in [1.54, 1.807) is 9.10 Å². The van der Waals surface area contributed by atoms with Gasteiger partial charge in [-0.25, -0.2) is 0 Å². The Kier molecular flexibility index (Phi) is 25.2. The highest BCUT2D eigenvalue weighted by Crippen LogP contribution is 2.00. The van der Waals surface area contributed by atoms with Crippen molar-refractivity contribution in [3.8, 4) is 0 Å². The zero-order valence-electron chi connectivity index (χ0n) is 12.5. The molecule has 0 unspecified atom stereocenters. The summed E-state index contributed by atoms with van der Waals surface area (Å²) >= 11 is 0.389. The predicted octanol–water partition coefficient (Wildman–Crippen LogP) is 6.10. The summed E-state index contributed by atoms with van der Waals surface area (Å²) in [5.74, 6) is 0. The average Bonchev–Trinajstić information content (AvgIpc) is 2.31. The molecule has 0 aliphatic rings. The molecule has 0 bridgehead atoms. The van der Waals surface area contributed by atoms with Gasteiger partial charge in [-0.1, -0.05) is 85.5 Å². The molecule has 0 aromatic heterocycles. The van der Waals surface area contributed by atoms with Crippen LogP contribution in [0.5, 0.6) is 0 Å². The first kappa shape index (κ1) is 19.1. The lowest BCUT2D eigenvalue weighted by Crippen LogP contribution is -1.87. The minimum Gasteiger partial charge on any atom is -0.146 e. The number of hydrogen-bond donors (Lipinski definition) is 0. The fraction of sp³-hybridized carbons (Fsp3) is 1.00. The monoisotopic (exact) mass is 238 g/mol. The van der Waals surface area contributed by atoms with Crippen LogP contribution in [0, 0.1) is 0 Å². The van der Waals surface area contributed by atoms with Gasteiger partial charge in [0, 0.05) is 0 Å². The molecule has 0 amide bonds. The number of rotatable bonds is 10. The van der Waals surface area contributed by atoms with Crippen molar-refractivity contribution in [1.82, 2.24) is 0 Å². The molecule has 0 fully saturated rings. The molecule has 1 heteroatoms. The van der Waals surface area contributed by atoms with Crippen LogP contribution in [-0.2, 0) is 0 Å². The topological polar surface area (TPSA) is 0 Å². The van der Waals surface area contributed by atoms with E-state index in [9.17, 15) is 0 Å². The summed E-state index contributed by atoms with van der Waals surface area (Å²) in [5.41, 5.74) is 0.